The number of carboxylic acids is 1. The molecule has 1 aromatic carbocycles. The van der Waals surface area contributed by atoms with Crippen LogP contribution in [0.4, 0.5) is 0 Å². The lowest BCUT2D eigenvalue weighted by Crippen LogP contribution is -2.34. The number of rotatable bonds is 6. The van der Waals surface area contributed by atoms with Gasteiger partial charge in [-0.05, 0) is 53.5 Å². The molecule has 1 aliphatic heterocycles. The zero-order valence-electron chi connectivity index (χ0n) is 11.0. The summed E-state index contributed by atoms with van der Waals surface area (Å²) < 4.78 is 6.54. The average Bonchev–Trinajstić information content (AvgIpc) is 2.79. The fourth-order valence-electron chi connectivity index (χ4n) is 2.49. The van der Waals surface area contributed by atoms with Gasteiger partial charge in [-0.3, -0.25) is 9.69 Å². The van der Waals surface area contributed by atoms with Crippen molar-refractivity contribution in [1.29, 1.82) is 0 Å². The molecule has 1 unspecified atom stereocenters. The van der Waals surface area contributed by atoms with Gasteiger partial charge < -0.3 is 9.84 Å². The van der Waals surface area contributed by atoms with E-state index in [2.05, 4.69) is 20.8 Å². The standard InChI is InChI=1S/C14H17BrClNO3/c15-12-8-10(16)3-4-13(12)20-7-6-17-5-1-2-11(17)9-14(18)19/h3-4,8,11H,1-2,5-7,9H2,(H,18,19). The van der Waals surface area contributed by atoms with Crippen LogP contribution in [0.25, 0.3) is 0 Å². The van der Waals surface area contributed by atoms with Crippen LogP contribution in [0.1, 0.15) is 19.3 Å². The van der Waals surface area contributed by atoms with E-state index in [0.29, 0.717) is 11.6 Å². The number of hydrogen-bond donors (Lipinski definition) is 1. The van der Waals surface area contributed by atoms with Gasteiger partial charge >= 0.3 is 5.97 Å². The fourth-order valence-corrected chi connectivity index (χ4v) is 3.28. The molecule has 110 valence electrons. The van der Waals surface area contributed by atoms with Gasteiger partial charge in [0.05, 0.1) is 10.9 Å². The van der Waals surface area contributed by atoms with E-state index >= 15 is 0 Å². The van der Waals surface area contributed by atoms with E-state index in [4.69, 9.17) is 21.4 Å². The van der Waals surface area contributed by atoms with Gasteiger partial charge in [-0.1, -0.05) is 11.6 Å². The van der Waals surface area contributed by atoms with Gasteiger partial charge in [0.15, 0.2) is 0 Å². The van der Waals surface area contributed by atoms with Crippen LogP contribution in [0, 0.1) is 0 Å². The molecule has 0 aliphatic carbocycles. The highest BCUT2D eigenvalue weighted by molar-refractivity contribution is 9.10. The summed E-state index contributed by atoms with van der Waals surface area (Å²) in [7, 11) is 0. The van der Waals surface area contributed by atoms with Crippen molar-refractivity contribution < 1.29 is 14.6 Å². The van der Waals surface area contributed by atoms with Crippen molar-refractivity contribution in [1.82, 2.24) is 4.90 Å². The Kier molecular flexibility index (Phi) is 5.69. The van der Waals surface area contributed by atoms with Crippen LogP contribution in [-0.2, 0) is 4.79 Å². The van der Waals surface area contributed by atoms with Crippen molar-refractivity contribution in [2.24, 2.45) is 0 Å². The SMILES string of the molecule is O=C(O)CC1CCCN1CCOc1ccc(Cl)cc1Br. The Morgan fingerprint density at radius 1 is 1.55 bits per heavy atom. The molecule has 1 fully saturated rings. The molecule has 0 spiro atoms. The minimum absolute atomic E-state index is 0.143. The lowest BCUT2D eigenvalue weighted by atomic mass is 10.1. The van der Waals surface area contributed by atoms with E-state index in [1.807, 2.05) is 6.07 Å². The molecule has 0 aromatic heterocycles. The smallest absolute Gasteiger partial charge is 0.304 e. The molecule has 1 saturated heterocycles. The van der Waals surface area contributed by atoms with Gasteiger partial charge in [0.1, 0.15) is 12.4 Å². The van der Waals surface area contributed by atoms with Gasteiger partial charge in [-0.15, -0.1) is 0 Å². The summed E-state index contributed by atoms with van der Waals surface area (Å²) in [6, 6.07) is 5.54. The van der Waals surface area contributed by atoms with Crippen LogP contribution in [-0.4, -0.2) is 41.7 Å². The highest BCUT2D eigenvalue weighted by Crippen LogP contribution is 2.28. The molecule has 1 aliphatic rings. The molecule has 1 heterocycles. The molecule has 1 aromatic rings. The monoisotopic (exact) mass is 361 g/mol. The predicted octanol–water partition coefficient (Wildman–Crippen LogP) is 3.42. The third-order valence-corrected chi connectivity index (χ3v) is 4.29. The fraction of sp³-hybridized carbons (Fsp3) is 0.500. The quantitative estimate of drug-likeness (QED) is 0.842. The van der Waals surface area contributed by atoms with Crippen LogP contribution in [0.2, 0.25) is 5.02 Å². The Hall–Kier alpha value is -0.780. The highest BCUT2D eigenvalue weighted by atomic mass is 79.9. The summed E-state index contributed by atoms with van der Waals surface area (Å²) in [5.41, 5.74) is 0. The lowest BCUT2D eigenvalue weighted by Gasteiger charge is -2.23. The molecule has 20 heavy (non-hydrogen) atoms. The number of halogens is 2. The zero-order valence-corrected chi connectivity index (χ0v) is 13.4. The number of carboxylic acid groups (broad SMARTS) is 1. The first-order chi connectivity index (χ1) is 9.56. The summed E-state index contributed by atoms with van der Waals surface area (Å²) in [5.74, 6) is 0.0200. The van der Waals surface area contributed by atoms with Crippen molar-refractivity contribution in [3.8, 4) is 5.75 Å². The maximum Gasteiger partial charge on any atom is 0.304 e. The van der Waals surface area contributed by atoms with Crippen LogP contribution >= 0.6 is 27.5 Å². The Balaban J connectivity index is 1.81. The first-order valence-electron chi connectivity index (χ1n) is 6.60. The van der Waals surface area contributed by atoms with Crippen LogP contribution < -0.4 is 4.74 Å². The van der Waals surface area contributed by atoms with E-state index in [1.54, 1.807) is 12.1 Å². The first kappa shape index (κ1) is 15.6. The molecule has 1 atom stereocenters. The third kappa shape index (κ3) is 4.36. The Morgan fingerprint density at radius 2 is 2.35 bits per heavy atom. The van der Waals surface area contributed by atoms with E-state index in [9.17, 15) is 4.79 Å². The predicted molar refractivity (Wildman–Crippen MR) is 81.5 cm³/mol. The molecule has 1 N–H and O–H groups in total. The van der Waals surface area contributed by atoms with Crippen LogP contribution in [0.3, 0.4) is 0 Å². The highest BCUT2D eigenvalue weighted by Gasteiger charge is 2.26. The van der Waals surface area contributed by atoms with Crippen molar-refractivity contribution in [3.05, 3.63) is 27.7 Å². The summed E-state index contributed by atoms with van der Waals surface area (Å²) in [6.07, 6.45) is 2.23. The maximum atomic E-state index is 10.8. The largest absolute Gasteiger partial charge is 0.491 e. The number of likely N-dealkylation sites (tertiary alicyclic amines) is 1. The number of nitrogens with zero attached hydrogens (tertiary/aromatic N) is 1. The topological polar surface area (TPSA) is 49.8 Å². The minimum atomic E-state index is -0.733. The second kappa shape index (κ2) is 7.29. The molecule has 0 saturated carbocycles. The van der Waals surface area contributed by atoms with E-state index in [1.165, 1.54) is 0 Å². The number of hydrogen-bond acceptors (Lipinski definition) is 3. The second-order valence-corrected chi connectivity index (χ2v) is 6.14. The average molecular weight is 363 g/mol. The van der Waals surface area contributed by atoms with Crippen LogP contribution in [0.15, 0.2) is 22.7 Å². The maximum absolute atomic E-state index is 10.8. The molecule has 0 amide bonds. The summed E-state index contributed by atoms with van der Waals surface area (Å²) in [4.78, 5) is 13.0. The number of benzene rings is 1. The molecule has 4 nitrogen and oxygen atoms in total. The summed E-state index contributed by atoms with van der Waals surface area (Å²) in [5, 5.41) is 9.54. The Labute approximate surface area is 131 Å². The Bertz CT molecular complexity index is 483. The minimum Gasteiger partial charge on any atom is -0.491 e. The molecular formula is C14H17BrClNO3. The molecular weight excluding hydrogens is 346 g/mol. The molecule has 0 bridgehead atoms. The molecule has 6 heteroatoms. The van der Waals surface area contributed by atoms with Crippen LogP contribution in [0.5, 0.6) is 5.75 Å². The van der Waals surface area contributed by atoms with Crippen molar-refractivity contribution in [3.63, 3.8) is 0 Å². The first-order valence-corrected chi connectivity index (χ1v) is 7.77. The van der Waals surface area contributed by atoms with Gasteiger partial charge in [0, 0.05) is 17.6 Å². The zero-order chi connectivity index (χ0) is 14.5. The summed E-state index contributed by atoms with van der Waals surface area (Å²) >= 11 is 9.28. The van der Waals surface area contributed by atoms with Crippen molar-refractivity contribution in [2.75, 3.05) is 19.7 Å². The lowest BCUT2D eigenvalue weighted by molar-refractivity contribution is -0.138. The number of aliphatic carboxylic acids is 1. The van der Waals surface area contributed by atoms with E-state index in [-0.39, 0.29) is 12.5 Å². The Morgan fingerprint density at radius 3 is 3.05 bits per heavy atom. The van der Waals surface area contributed by atoms with Gasteiger partial charge in [0.2, 0.25) is 0 Å². The summed E-state index contributed by atoms with van der Waals surface area (Å²) in [6.45, 7) is 2.23. The second-order valence-electron chi connectivity index (χ2n) is 4.85. The van der Waals surface area contributed by atoms with Gasteiger partial charge in [-0.2, -0.15) is 0 Å². The molecule has 2 rings (SSSR count). The third-order valence-electron chi connectivity index (χ3n) is 3.44. The van der Waals surface area contributed by atoms with Crippen molar-refractivity contribution >= 4 is 33.5 Å². The molecule has 0 radical (unpaired) electrons. The van der Waals surface area contributed by atoms with Crippen molar-refractivity contribution in [2.45, 2.75) is 25.3 Å². The van der Waals surface area contributed by atoms with Gasteiger partial charge in [-0.25, -0.2) is 0 Å². The van der Waals surface area contributed by atoms with Gasteiger partial charge in [0.25, 0.3) is 0 Å². The number of ether oxygens (including phenoxy) is 1. The van der Waals surface area contributed by atoms with E-state index < -0.39 is 5.97 Å². The van der Waals surface area contributed by atoms with E-state index in [0.717, 1.165) is 36.2 Å². The normalized spacial score (nSPS) is 19.2. The number of carbonyl (C=O) groups is 1.